The van der Waals surface area contributed by atoms with Crippen molar-refractivity contribution < 1.29 is 14.3 Å². The molecule has 30 heavy (non-hydrogen) atoms. The largest absolute Gasteiger partial charge is 0.390 e. The summed E-state index contributed by atoms with van der Waals surface area (Å²) in [5.41, 5.74) is 7.05. The molecule has 0 aliphatic heterocycles. The number of halogens is 2. The van der Waals surface area contributed by atoms with Crippen LogP contribution in [0.15, 0.2) is 18.2 Å². The number of aliphatic hydroxyl groups is 1. The molecule has 2 atom stereocenters. The minimum Gasteiger partial charge on any atom is -0.390 e. The Labute approximate surface area is 180 Å². The molecule has 0 bridgehead atoms. The van der Waals surface area contributed by atoms with Crippen molar-refractivity contribution in [1.29, 1.82) is 0 Å². The van der Waals surface area contributed by atoms with Crippen LogP contribution in [0.1, 0.15) is 61.5 Å². The highest BCUT2D eigenvalue weighted by molar-refractivity contribution is 6.31. The first-order valence-electron chi connectivity index (χ1n) is 10.4. The Morgan fingerprint density at radius 3 is 2.57 bits per heavy atom. The first-order valence-corrected chi connectivity index (χ1v) is 10.8. The number of benzene rings is 1. The molecule has 0 saturated heterocycles. The van der Waals surface area contributed by atoms with E-state index in [-0.39, 0.29) is 22.8 Å². The van der Waals surface area contributed by atoms with E-state index in [4.69, 9.17) is 17.3 Å². The van der Waals surface area contributed by atoms with E-state index in [2.05, 4.69) is 24.3 Å². The molecule has 2 aliphatic carbocycles. The SMILES string of the molecule is CC(C)C1(O)CC2CC(c3nn(C)c(N)c3C(=O)Nc3ccc(F)c(Cl)c3)CC2C1. The maximum absolute atomic E-state index is 13.4. The van der Waals surface area contributed by atoms with Gasteiger partial charge in [0, 0.05) is 18.7 Å². The lowest BCUT2D eigenvalue weighted by Gasteiger charge is -2.28. The van der Waals surface area contributed by atoms with Gasteiger partial charge in [-0.15, -0.1) is 0 Å². The van der Waals surface area contributed by atoms with E-state index in [1.807, 2.05) is 0 Å². The fourth-order valence-corrected chi connectivity index (χ4v) is 5.42. The summed E-state index contributed by atoms with van der Waals surface area (Å²) in [7, 11) is 1.72. The minimum absolute atomic E-state index is 0.0616. The van der Waals surface area contributed by atoms with Crippen LogP contribution in [0.4, 0.5) is 15.9 Å². The molecule has 1 aromatic carbocycles. The van der Waals surface area contributed by atoms with Gasteiger partial charge in [0.05, 0.1) is 16.3 Å². The van der Waals surface area contributed by atoms with Gasteiger partial charge in [-0.05, 0) is 61.6 Å². The van der Waals surface area contributed by atoms with Crippen LogP contribution in [0.3, 0.4) is 0 Å². The van der Waals surface area contributed by atoms with Crippen LogP contribution in [0.25, 0.3) is 0 Å². The highest BCUT2D eigenvalue weighted by atomic mass is 35.5. The Balaban J connectivity index is 1.56. The van der Waals surface area contributed by atoms with Gasteiger partial charge in [0.2, 0.25) is 0 Å². The second kappa shape index (κ2) is 7.54. The number of rotatable bonds is 4. The fourth-order valence-electron chi connectivity index (χ4n) is 5.24. The Bertz CT molecular complexity index is 976. The Kier molecular flexibility index (Phi) is 5.31. The standard InChI is InChI=1S/C22H28ClFN4O2/c1-11(2)22(30)9-13-6-12(7-14(13)10-22)19-18(20(25)28(3)27-19)21(29)26-15-4-5-17(24)16(23)8-15/h4-5,8,11-14,30H,6-7,9-10,25H2,1-3H3,(H,26,29). The molecule has 2 unspecified atom stereocenters. The van der Waals surface area contributed by atoms with Gasteiger partial charge in [-0.1, -0.05) is 25.4 Å². The summed E-state index contributed by atoms with van der Waals surface area (Å²) in [6, 6.07) is 4.03. The van der Waals surface area contributed by atoms with E-state index in [1.165, 1.54) is 22.9 Å². The first kappa shape index (κ1) is 21.1. The van der Waals surface area contributed by atoms with Crippen molar-refractivity contribution in [1.82, 2.24) is 9.78 Å². The lowest BCUT2D eigenvalue weighted by Crippen LogP contribution is -2.32. The summed E-state index contributed by atoms with van der Waals surface area (Å²) in [4.78, 5) is 13.0. The number of aryl methyl sites for hydroxylation is 1. The zero-order valence-corrected chi connectivity index (χ0v) is 18.2. The molecule has 2 saturated carbocycles. The van der Waals surface area contributed by atoms with Gasteiger partial charge in [0.25, 0.3) is 5.91 Å². The summed E-state index contributed by atoms with van der Waals surface area (Å²) in [6.07, 6.45) is 3.37. The van der Waals surface area contributed by atoms with Gasteiger partial charge < -0.3 is 16.2 Å². The fraction of sp³-hybridized carbons (Fsp3) is 0.545. The van der Waals surface area contributed by atoms with Gasteiger partial charge >= 0.3 is 0 Å². The van der Waals surface area contributed by atoms with Crippen molar-refractivity contribution in [2.24, 2.45) is 24.8 Å². The van der Waals surface area contributed by atoms with Gasteiger partial charge in [-0.3, -0.25) is 9.48 Å². The topological polar surface area (TPSA) is 93.2 Å². The highest BCUT2D eigenvalue weighted by Gasteiger charge is 2.51. The molecule has 2 aromatic rings. The van der Waals surface area contributed by atoms with E-state index in [9.17, 15) is 14.3 Å². The molecule has 2 aliphatic rings. The van der Waals surface area contributed by atoms with Crippen LogP contribution in [0, 0.1) is 23.6 Å². The van der Waals surface area contributed by atoms with E-state index in [0.717, 1.165) is 25.7 Å². The molecule has 2 fully saturated rings. The first-order chi connectivity index (χ1) is 14.1. The summed E-state index contributed by atoms with van der Waals surface area (Å²) >= 11 is 5.83. The van der Waals surface area contributed by atoms with Gasteiger partial charge in [0.15, 0.2) is 0 Å². The van der Waals surface area contributed by atoms with Crippen molar-refractivity contribution in [3.63, 3.8) is 0 Å². The van der Waals surface area contributed by atoms with Crippen LogP contribution in [-0.2, 0) is 7.05 Å². The molecule has 6 nitrogen and oxygen atoms in total. The second-order valence-electron chi connectivity index (χ2n) is 9.21. The number of aromatic nitrogens is 2. The average molecular weight is 435 g/mol. The third-order valence-corrected chi connectivity index (χ3v) is 7.35. The summed E-state index contributed by atoms with van der Waals surface area (Å²) < 4.78 is 14.9. The van der Waals surface area contributed by atoms with Crippen LogP contribution in [-0.4, -0.2) is 26.4 Å². The molecular formula is C22H28ClFN4O2. The molecule has 1 aromatic heterocycles. The number of nitrogens with two attached hydrogens (primary N) is 1. The molecule has 162 valence electrons. The second-order valence-corrected chi connectivity index (χ2v) is 9.61. The van der Waals surface area contributed by atoms with Crippen molar-refractivity contribution in [3.8, 4) is 0 Å². The highest BCUT2D eigenvalue weighted by Crippen LogP contribution is 2.55. The van der Waals surface area contributed by atoms with E-state index >= 15 is 0 Å². The van der Waals surface area contributed by atoms with Crippen molar-refractivity contribution in [2.45, 2.75) is 51.0 Å². The number of hydrogen-bond donors (Lipinski definition) is 3. The van der Waals surface area contributed by atoms with Crippen molar-refractivity contribution >= 4 is 29.0 Å². The lowest BCUT2D eigenvalue weighted by atomic mass is 9.84. The number of anilines is 2. The molecule has 1 amide bonds. The quantitative estimate of drug-likeness (QED) is 0.667. The van der Waals surface area contributed by atoms with E-state index in [0.29, 0.717) is 34.6 Å². The maximum atomic E-state index is 13.4. The van der Waals surface area contributed by atoms with Crippen LogP contribution in [0.5, 0.6) is 0 Å². The van der Waals surface area contributed by atoms with E-state index in [1.54, 1.807) is 7.05 Å². The number of amides is 1. The molecule has 0 spiro atoms. The number of hydrogen-bond acceptors (Lipinski definition) is 4. The minimum atomic E-state index is -0.592. The maximum Gasteiger partial charge on any atom is 0.261 e. The smallest absolute Gasteiger partial charge is 0.261 e. The van der Waals surface area contributed by atoms with Gasteiger partial charge in [-0.25, -0.2) is 4.39 Å². The third-order valence-electron chi connectivity index (χ3n) is 7.06. The Morgan fingerprint density at radius 2 is 2.00 bits per heavy atom. The Morgan fingerprint density at radius 1 is 1.37 bits per heavy atom. The van der Waals surface area contributed by atoms with Crippen LogP contribution < -0.4 is 11.1 Å². The molecule has 1 heterocycles. The molecule has 4 rings (SSSR count). The van der Waals surface area contributed by atoms with Crippen LogP contribution in [0.2, 0.25) is 5.02 Å². The summed E-state index contributed by atoms with van der Waals surface area (Å²) in [5, 5.41) is 18.2. The van der Waals surface area contributed by atoms with Gasteiger partial charge in [-0.2, -0.15) is 5.10 Å². The average Bonchev–Trinajstić information content (AvgIpc) is 3.28. The molecule has 0 radical (unpaired) electrons. The molecule has 8 heteroatoms. The zero-order chi connectivity index (χ0) is 21.8. The number of carbonyl (C=O) groups excluding carboxylic acids is 1. The molecule has 4 N–H and O–H groups in total. The van der Waals surface area contributed by atoms with E-state index < -0.39 is 11.4 Å². The number of nitrogens with zero attached hydrogens (tertiary/aromatic N) is 2. The normalized spacial score (nSPS) is 28.2. The number of nitrogen functional groups attached to an aromatic ring is 1. The van der Waals surface area contributed by atoms with Crippen molar-refractivity contribution in [2.75, 3.05) is 11.1 Å². The van der Waals surface area contributed by atoms with Crippen LogP contribution >= 0.6 is 11.6 Å². The number of fused-ring (bicyclic) bond motifs is 1. The van der Waals surface area contributed by atoms with Crippen molar-refractivity contribution in [3.05, 3.63) is 40.3 Å². The number of nitrogens with one attached hydrogen (secondary N) is 1. The summed E-state index contributed by atoms with van der Waals surface area (Å²) in [5.74, 6) is 0.583. The predicted molar refractivity (Wildman–Crippen MR) is 115 cm³/mol. The van der Waals surface area contributed by atoms with Gasteiger partial charge in [0.1, 0.15) is 17.2 Å². The summed E-state index contributed by atoms with van der Waals surface area (Å²) in [6.45, 7) is 4.14. The zero-order valence-electron chi connectivity index (χ0n) is 17.5. The third kappa shape index (κ3) is 3.58. The monoisotopic (exact) mass is 434 g/mol. The lowest BCUT2D eigenvalue weighted by molar-refractivity contribution is -0.00640. The molecular weight excluding hydrogens is 407 g/mol. The predicted octanol–water partition coefficient (Wildman–Crippen LogP) is 4.34. The number of carbonyl (C=O) groups is 1. The Hall–Kier alpha value is -2.12.